The summed E-state index contributed by atoms with van der Waals surface area (Å²) in [5.41, 5.74) is 6.81. The zero-order valence-electron chi connectivity index (χ0n) is 10.6. The van der Waals surface area contributed by atoms with Crippen LogP contribution in [0.2, 0.25) is 0 Å². The van der Waals surface area contributed by atoms with Crippen molar-refractivity contribution < 1.29 is 4.79 Å². The summed E-state index contributed by atoms with van der Waals surface area (Å²) < 4.78 is 1.60. The van der Waals surface area contributed by atoms with Crippen LogP contribution in [0.3, 0.4) is 0 Å². The van der Waals surface area contributed by atoms with Crippen LogP contribution in [0.1, 0.15) is 17.7 Å². The van der Waals surface area contributed by atoms with Crippen molar-refractivity contribution in [1.82, 2.24) is 9.47 Å². The molecule has 1 rings (SSSR count). The third-order valence-corrected chi connectivity index (χ3v) is 2.74. The molecule has 17 heavy (non-hydrogen) atoms. The first-order chi connectivity index (χ1) is 7.97. The highest BCUT2D eigenvalue weighted by Gasteiger charge is 2.08. The Balaban J connectivity index is 2.91. The minimum atomic E-state index is -0.0981. The molecule has 0 fully saturated rings. The maximum atomic E-state index is 12.0. The molecule has 0 atom stereocenters. The number of nitrogens with zero attached hydrogens (tertiary/aromatic N) is 2. The van der Waals surface area contributed by atoms with Gasteiger partial charge in [0, 0.05) is 44.9 Å². The van der Waals surface area contributed by atoms with E-state index in [9.17, 15) is 9.59 Å². The molecular formula is C12H19N3O2. The first-order valence-corrected chi connectivity index (χ1v) is 5.57. The zero-order valence-corrected chi connectivity index (χ0v) is 10.6. The van der Waals surface area contributed by atoms with Crippen molar-refractivity contribution in [2.45, 2.75) is 26.4 Å². The van der Waals surface area contributed by atoms with E-state index in [1.807, 2.05) is 13.0 Å². The van der Waals surface area contributed by atoms with E-state index in [0.29, 0.717) is 18.5 Å². The number of aryl methyl sites for hydroxylation is 1. The minimum Gasteiger partial charge on any atom is -0.349 e. The second-order valence-electron chi connectivity index (χ2n) is 4.20. The molecule has 5 heteroatoms. The molecule has 0 unspecified atom stereocenters. The number of hydrogen-bond donors (Lipinski definition) is 1. The first-order valence-electron chi connectivity index (χ1n) is 5.57. The van der Waals surface area contributed by atoms with Gasteiger partial charge >= 0.3 is 0 Å². The van der Waals surface area contributed by atoms with Crippen LogP contribution < -0.4 is 11.3 Å². The smallest absolute Gasteiger partial charge is 0.255 e. The van der Waals surface area contributed by atoms with E-state index in [4.69, 9.17) is 5.73 Å². The van der Waals surface area contributed by atoms with E-state index in [1.165, 1.54) is 4.90 Å². The van der Waals surface area contributed by atoms with Crippen molar-refractivity contribution in [2.24, 2.45) is 5.73 Å². The predicted octanol–water partition coefficient (Wildman–Crippen LogP) is 0.0937. The number of rotatable bonds is 4. The first kappa shape index (κ1) is 13.4. The second kappa shape index (κ2) is 5.63. The van der Waals surface area contributed by atoms with Crippen LogP contribution in [0, 0.1) is 6.92 Å². The molecule has 5 nitrogen and oxygen atoms in total. The Labute approximate surface area is 101 Å². The molecule has 0 aliphatic carbocycles. The molecule has 94 valence electrons. The molecule has 0 aliphatic rings. The average Bonchev–Trinajstić information content (AvgIpc) is 2.28. The molecule has 1 aromatic rings. The Morgan fingerprint density at radius 2 is 2.06 bits per heavy atom. The average molecular weight is 237 g/mol. The lowest BCUT2D eigenvalue weighted by molar-refractivity contribution is -0.128. The molecule has 0 bridgehead atoms. The summed E-state index contributed by atoms with van der Waals surface area (Å²) in [5.74, 6) is 0.00875. The van der Waals surface area contributed by atoms with Gasteiger partial charge in [0.2, 0.25) is 5.91 Å². The van der Waals surface area contributed by atoms with Crippen molar-refractivity contribution in [1.29, 1.82) is 0 Å². The van der Waals surface area contributed by atoms with Crippen LogP contribution in [-0.4, -0.2) is 29.5 Å². The number of hydrogen-bond acceptors (Lipinski definition) is 3. The molecule has 0 saturated heterocycles. The Morgan fingerprint density at radius 1 is 1.41 bits per heavy atom. The fourth-order valence-corrected chi connectivity index (χ4v) is 1.58. The molecule has 0 spiro atoms. The van der Waals surface area contributed by atoms with Gasteiger partial charge in [-0.1, -0.05) is 6.07 Å². The van der Waals surface area contributed by atoms with Gasteiger partial charge in [-0.3, -0.25) is 9.59 Å². The summed E-state index contributed by atoms with van der Waals surface area (Å²) in [6.45, 7) is 2.47. The largest absolute Gasteiger partial charge is 0.349 e. The van der Waals surface area contributed by atoms with E-state index < -0.39 is 0 Å². The monoisotopic (exact) mass is 237 g/mol. The van der Waals surface area contributed by atoms with Crippen LogP contribution in [-0.2, 0) is 17.9 Å². The lowest BCUT2D eigenvalue weighted by Gasteiger charge is -2.13. The lowest BCUT2D eigenvalue weighted by Crippen LogP contribution is -2.30. The van der Waals surface area contributed by atoms with Gasteiger partial charge in [0.25, 0.3) is 5.56 Å². The quantitative estimate of drug-likeness (QED) is 0.807. The van der Waals surface area contributed by atoms with Crippen LogP contribution in [0.25, 0.3) is 0 Å². The summed E-state index contributed by atoms with van der Waals surface area (Å²) in [7, 11) is 3.41. The van der Waals surface area contributed by atoms with E-state index in [1.54, 1.807) is 24.7 Å². The van der Waals surface area contributed by atoms with Gasteiger partial charge in [0.15, 0.2) is 0 Å². The highest BCUT2D eigenvalue weighted by molar-refractivity contribution is 5.75. The van der Waals surface area contributed by atoms with E-state index in [2.05, 4.69) is 0 Å². The number of pyridine rings is 1. The third kappa shape index (κ3) is 3.17. The van der Waals surface area contributed by atoms with Gasteiger partial charge in [0.05, 0.1) is 0 Å². The van der Waals surface area contributed by atoms with Gasteiger partial charge < -0.3 is 15.2 Å². The zero-order chi connectivity index (χ0) is 13.0. The number of aromatic nitrogens is 1. The van der Waals surface area contributed by atoms with Gasteiger partial charge in [-0.15, -0.1) is 0 Å². The van der Waals surface area contributed by atoms with Gasteiger partial charge in [-0.25, -0.2) is 0 Å². The molecule has 2 N–H and O–H groups in total. The Kier molecular flexibility index (Phi) is 4.45. The summed E-state index contributed by atoms with van der Waals surface area (Å²) in [4.78, 5) is 25.0. The number of nitrogens with two attached hydrogens (primary N) is 1. The molecule has 0 saturated carbocycles. The van der Waals surface area contributed by atoms with Crippen molar-refractivity contribution in [3.05, 3.63) is 33.7 Å². The van der Waals surface area contributed by atoms with E-state index in [0.717, 1.165) is 5.69 Å². The summed E-state index contributed by atoms with van der Waals surface area (Å²) in [6.07, 6.45) is 0.321. The minimum absolute atomic E-state index is 0.00875. The maximum absolute atomic E-state index is 12.0. The van der Waals surface area contributed by atoms with Crippen LogP contribution in [0.4, 0.5) is 0 Å². The maximum Gasteiger partial charge on any atom is 0.255 e. The standard InChI is InChI=1S/C12H19N3O2/c1-9-4-5-10(8-13)12(17)15(9)7-6-11(16)14(2)3/h4-5H,6-8,13H2,1-3H3. The fraction of sp³-hybridized carbons (Fsp3) is 0.500. The SMILES string of the molecule is Cc1ccc(CN)c(=O)n1CCC(=O)N(C)C. The summed E-state index contributed by atoms with van der Waals surface area (Å²) in [6, 6.07) is 3.59. The van der Waals surface area contributed by atoms with Crippen molar-refractivity contribution in [3.63, 3.8) is 0 Å². The topological polar surface area (TPSA) is 68.3 Å². The highest BCUT2D eigenvalue weighted by Crippen LogP contribution is 2.00. The van der Waals surface area contributed by atoms with Crippen molar-refractivity contribution in [3.8, 4) is 0 Å². The van der Waals surface area contributed by atoms with Gasteiger partial charge in [-0.05, 0) is 13.0 Å². The highest BCUT2D eigenvalue weighted by atomic mass is 16.2. The van der Waals surface area contributed by atoms with Gasteiger partial charge in [-0.2, -0.15) is 0 Å². The second-order valence-corrected chi connectivity index (χ2v) is 4.20. The van der Waals surface area contributed by atoms with Gasteiger partial charge in [0.1, 0.15) is 0 Å². The Morgan fingerprint density at radius 3 is 2.59 bits per heavy atom. The molecule has 0 aliphatic heterocycles. The van der Waals surface area contributed by atoms with Crippen LogP contribution >= 0.6 is 0 Å². The Hall–Kier alpha value is -1.62. The molecule has 0 aromatic carbocycles. The lowest BCUT2D eigenvalue weighted by atomic mass is 10.2. The normalized spacial score (nSPS) is 10.4. The number of amides is 1. The molecule has 1 amide bonds. The number of carbonyl (C=O) groups is 1. The van der Waals surface area contributed by atoms with E-state index >= 15 is 0 Å². The Bertz CT molecular complexity index is 463. The van der Waals surface area contributed by atoms with Crippen LogP contribution in [0.15, 0.2) is 16.9 Å². The van der Waals surface area contributed by atoms with Crippen molar-refractivity contribution >= 4 is 5.91 Å². The molecule has 1 aromatic heterocycles. The summed E-state index contributed by atoms with van der Waals surface area (Å²) >= 11 is 0. The van der Waals surface area contributed by atoms with Crippen LogP contribution in [0.5, 0.6) is 0 Å². The number of carbonyl (C=O) groups excluding carboxylic acids is 1. The fourth-order valence-electron chi connectivity index (χ4n) is 1.58. The molecule has 1 heterocycles. The summed E-state index contributed by atoms with van der Waals surface area (Å²) in [5, 5.41) is 0. The van der Waals surface area contributed by atoms with Crippen molar-refractivity contribution in [2.75, 3.05) is 14.1 Å². The predicted molar refractivity (Wildman–Crippen MR) is 66.6 cm³/mol. The molecular weight excluding hydrogens is 218 g/mol. The third-order valence-electron chi connectivity index (χ3n) is 2.74. The van der Waals surface area contributed by atoms with E-state index in [-0.39, 0.29) is 18.0 Å². The molecule has 0 radical (unpaired) electrons.